The first-order chi connectivity index (χ1) is 12.7. The summed E-state index contributed by atoms with van der Waals surface area (Å²) >= 11 is 0. The van der Waals surface area contributed by atoms with Crippen molar-refractivity contribution >= 4 is 10.8 Å². The predicted molar refractivity (Wildman–Crippen MR) is 105 cm³/mol. The van der Waals surface area contributed by atoms with E-state index < -0.39 is 0 Å². The van der Waals surface area contributed by atoms with Crippen LogP contribution in [0.25, 0.3) is 10.8 Å². The zero-order valence-electron chi connectivity index (χ0n) is 15.3. The molecule has 3 atom stereocenters. The quantitative estimate of drug-likeness (QED) is 0.727. The number of rotatable bonds is 4. The van der Waals surface area contributed by atoms with Gasteiger partial charge in [-0.25, -0.2) is 0 Å². The maximum Gasteiger partial charge on any atom is 0.177 e. The molecule has 1 aliphatic rings. The number of benzene rings is 3. The van der Waals surface area contributed by atoms with E-state index in [1.807, 2.05) is 6.07 Å². The van der Waals surface area contributed by atoms with Crippen molar-refractivity contribution in [3.63, 3.8) is 0 Å². The predicted octanol–water partition coefficient (Wildman–Crippen LogP) is 4.91. The van der Waals surface area contributed by atoms with Gasteiger partial charge in [0.15, 0.2) is 6.29 Å². The SMILES string of the molecule is Cc1cc(C(C)OC2OCCNC2c2ccccc2)c2ccccc2c1. The van der Waals surface area contributed by atoms with Crippen LogP contribution < -0.4 is 5.32 Å². The molecule has 1 fully saturated rings. The van der Waals surface area contributed by atoms with Crippen LogP contribution in [0, 0.1) is 6.92 Å². The molecule has 1 heterocycles. The lowest BCUT2D eigenvalue weighted by atomic mass is 9.98. The molecule has 0 aliphatic carbocycles. The summed E-state index contributed by atoms with van der Waals surface area (Å²) in [6.45, 7) is 5.74. The van der Waals surface area contributed by atoms with Crippen LogP contribution in [-0.4, -0.2) is 19.4 Å². The summed E-state index contributed by atoms with van der Waals surface area (Å²) in [6, 6.07) is 23.4. The van der Waals surface area contributed by atoms with Crippen molar-refractivity contribution in [2.24, 2.45) is 0 Å². The first-order valence-electron chi connectivity index (χ1n) is 9.27. The van der Waals surface area contributed by atoms with Gasteiger partial charge in [0.1, 0.15) is 0 Å². The normalized spacial score (nSPS) is 21.6. The van der Waals surface area contributed by atoms with E-state index in [9.17, 15) is 0 Å². The molecule has 3 nitrogen and oxygen atoms in total. The van der Waals surface area contributed by atoms with Gasteiger partial charge in [-0.2, -0.15) is 0 Å². The van der Waals surface area contributed by atoms with Gasteiger partial charge in [0, 0.05) is 6.54 Å². The summed E-state index contributed by atoms with van der Waals surface area (Å²) < 4.78 is 12.4. The fraction of sp³-hybridized carbons (Fsp3) is 0.304. The highest BCUT2D eigenvalue weighted by Crippen LogP contribution is 2.32. The molecular formula is C23H25NO2. The average molecular weight is 347 g/mol. The van der Waals surface area contributed by atoms with Crippen LogP contribution in [0.15, 0.2) is 66.7 Å². The Morgan fingerprint density at radius 3 is 2.65 bits per heavy atom. The number of nitrogens with one attached hydrogen (secondary N) is 1. The monoisotopic (exact) mass is 347 g/mol. The summed E-state index contributed by atoms with van der Waals surface area (Å²) in [5.74, 6) is 0. The number of aryl methyl sites for hydroxylation is 1. The number of hydrogen-bond donors (Lipinski definition) is 1. The van der Waals surface area contributed by atoms with Crippen LogP contribution in [0.5, 0.6) is 0 Å². The summed E-state index contributed by atoms with van der Waals surface area (Å²) in [7, 11) is 0. The Hall–Kier alpha value is -2.20. The van der Waals surface area contributed by atoms with Gasteiger partial charge in [-0.3, -0.25) is 0 Å². The first kappa shape index (κ1) is 17.2. The smallest absolute Gasteiger partial charge is 0.177 e. The van der Waals surface area contributed by atoms with Crippen molar-refractivity contribution in [1.82, 2.24) is 5.32 Å². The van der Waals surface area contributed by atoms with Crippen LogP contribution >= 0.6 is 0 Å². The standard InChI is InChI=1S/C23H25NO2/c1-16-14-19-10-6-7-11-20(19)21(15-16)17(2)26-23-22(24-12-13-25-23)18-8-4-3-5-9-18/h3-11,14-15,17,22-24H,12-13H2,1-2H3. The fourth-order valence-electron chi connectivity index (χ4n) is 3.74. The summed E-state index contributed by atoms with van der Waals surface area (Å²) in [5.41, 5.74) is 3.65. The van der Waals surface area contributed by atoms with E-state index in [1.54, 1.807) is 0 Å². The molecule has 0 radical (unpaired) electrons. The van der Waals surface area contributed by atoms with Crippen LogP contribution in [0.3, 0.4) is 0 Å². The molecule has 0 bridgehead atoms. The second kappa shape index (κ2) is 7.58. The van der Waals surface area contributed by atoms with Gasteiger partial charge in [-0.1, -0.05) is 72.3 Å². The minimum absolute atomic E-state index is 0.0449. The van der Waals surface area contributed by atoms with E-state index in [2.05, 4.69) is 79.8 Å². The lowest BCUT2D eigenvalue weighted by Crippen LogP contribution is -2.43. The molecule has 3 aromatic rings. The maximum atomic E-state index is 6.42. The number of hydrogen-bond acceptors (Lipinski definition) is 3. The van der Waals surface area contributed by atoms with E-state index in [1.165, 1.54) is 27.5 Å². The lowest BCUT2D eigenvalue weighted by Gasteiger charge is -2.35. The topological polar surface area (TPSA) is 30.5 Å². The van der Waals surface area contributed by atoms with Gasteiger partial charge in [0.25, 0.3) is 0 Å². The van der Waals surface area contributed by atoms with Crippen LogP contribution in [-0.2, 0) is 9.47 Å². The molecular weight excluding hydrogens is 322 g/mol. The average Bonchev–Trinajstić information content (AvgIpc) is 2.68. The molecule has 3 aromatic carbocycles. The van der Waals surface area contributed by atoms with Crippen molar-refractivity contribution in [2.75, 3.05) is 13.2 Å². The minimum Gasteiger partial charge on any atom is -0.349 e. The number of morpholine rings is 1. The maximum absolute atomic E-state index is 6.42. The summed E-state index contributed by atoms with van der Waals surface area (Å²) in [6.07, 6.45) is -0.365. The molecule has 0 spiro atoms. The van der Waals surface area contributed by atoms with E-state index >= 15 is 0 Å². The Morgan fingerprint density at radius 1 is 1.04 bits per heavy atom. The van der Waals surface area contributed by atoms with Crippen molar-refractivity contribution in [1.29, 1.82) is 0 Å². The largest absolute Gasteiger partial charge is 0.349 e. The second-order valence-corrected chi connectivity index (χ2v) is 6.94. The molecule has 0 amide bonds. The Bertz CT molecular complexity index is 878. The number of fused-ring (bicyclic) bond motifs is 1. The fourth-order valence-corrected chi connectivity index (χ4v) is 3.74. The highest BCUT2D eigenvalue weighted by atomic mass is 16.7. The molecule has 0 aromatic heterocycles. The van der Waals surface area contributed by atoms with E-state index in [-0.39, 0.29) is 18.4 Å². The highest BCUT2D eigenvalue weighted by molar-refractivity contribution is 5.86. The van der Waals surface area contributed by atoms with E-state index in [4.69, 9.17) is 9.47 Å². The molecule has 4 rings (SSSR count). The highest BCUT2D eigenvalue weighted by Gasteiger charge is 2.30. The summed E-state index contributed by atoms with van der Waals surface area (Å²) in [4.78, 5) is 0. The zero-order chi connectivity index (χ0) is 17.9. The van der Waals surface area contributed by atoms with Crippen LogP contribution in [0.2, 0.25) is 0 Å². The molecule has 1 saturated heterocycles. The van der Waals surface area contributed by atoms with Gasteiger partial charge >= 0.3 is 0 Å². The van der Waals surface area contributed by atoms with Crippen molar-refractivity contribution in [3.8, 4) is 0 Å². The molecule has 26 heavy (non-hydrogen) atoms. The first-order valence-corrected chi connectivity index (χ1v) is 9.27. The van der Waals surface area contributed by atoms with Gasteiger partial charge < -0.3 is 14.8 Å². The molecule has 1 aliphatic heterocycles. The van der Waals surface area contributed by atoms with Crippen molar-refractivity contribution < 1.29 is 9.47 Å². The summed E-state index contributed by atoms with van der Waals surface area (Å²) in [5, 5.41) is 6.03. The van der Waals surface area contributed by atoms with Crippen LogP contribution in [0.1, 0.15) is 35.8 Å². The molecule has 1 N–H and O–H groups in total. The van der Waals surface area contributed by atoms with E-state index in [0.29, 0.717) is 6.61 Å². The third-order valence-electron chi connectivity index (χ3n) is 4.99. The Morgan fingerprint density at radius 2 is 1.81 bits per heavy atom. The minimum atomic E-state index is -0.305. The third kappa shape index (κ3) is 3.51. The van der Waals surface area contributed by atoms with E-state index in [0.717, 1.165) is 6.54 Å². The molecule has 3 unspecified atom stereocenters. The Balaban J connectivity index is 1.62. The molecule has 134 valence electrons. The van der Waals surface area contributed by atoms with Crippen molar-refractivity contribution in [3.05, 3.63) is 83.4 Å². The third-order valence-corrected chi connectivity index (χ3v) is 4.99. The lowest BCUT2D eigenvalue weighted by molar-refractivity contribution is -0.199. The van der Waals surface area contributed by atoms with Crippen LogP contribution in [0.4, 0.5) is 0 Å². The van der Waals surface area contributed by atoms with Gasteiger partial charge in [-0.05, 0) is 35.7 Å². The van der Waals surface area contributed by atoms with Gasteiger partial charge in [0.05, 0.1) is 18.8 Å². The second-order valence-electron chi connectivity index (χ2n) is 6.94. The van der Waals surface area contributed by atoms with Gasteiger partial charge in [0.2, 0.25) is 0 Å². The Kier molecular flexibility index (Phi) is 5.02. The van der Waals surface area contributed by atoms with Crippen molar-refractivity contribution in [2.45, 2.75) is 32.3 Å². The molecule has 3 heteroatoms. The molecule has 0 saturated carbocycles. The zero-order valence-corrected chi connectivity index (χ0v) is 15.3. The van der Waals surface area contributed by atoms with Gasteiger partial charge in [-0.15, -0.1) is 0 Å². The number of ether oxygens (including phenoxy) is 2. The Labute approximate surface area is 154 Å².